The second-order valence-electron chi connectivity index (χ2n) is 4.86. The zero-order valence-electron chi connectivity index (χ0n) is 13.5. The molecule has 0 spiro atoms. The van der Waals surface area contributed by atoms with Crippen LogP contribution in [0.3, 0.4) is 0 Å². The van der Waals surface area contributed by atoms with Crippen LogP contribution in [0.5, 0.6) is 0 Å². The lowest BCUT2D eigenvalue weighted by atomic mass is 10.1. The van der Waals surface area contributed by atoms with E-state index in [9.17, 15) is 4.79 Å². The largest absolute Gasteiger partial charge is 0.464 e. The number of carbonyl (C=O) groups excluding carboxylic acids is 1. The van der Waals surface area contributed by atoms with Crippen LogP contribution in [0.1, 0.15) is 32.8 Å². The Hall–Kier alpha value is -1.39. The van der Waals surface area contributed by atoms with E-state index in [1.54, 1.807) is 0 Å². The van der Waals surface area contributed by atoms with Gasteiger partial charge in [0.25, 0.3) is 0 Å². The van der Waals surface area contributed by atoms with Crippen LogP contribution in [0.15, 0.2) is 30.3 Å². The molecular formula is C17H27NO3. The van der Waals surface area contributed by atoms with E-state index >= 15 is 0 Å². The van der Waals surface area contributed by atoms with E-state index in [-0.39, 0.29) is 12.0 Å². The molecule has 0 N–H and O–H groups in total. The molecule has 0 saturated carbocycles. The number of likely N-dealkylation sites (N-methyl/N-ethyl adjacent to an activating group) is 1. The Morgan fingerprint density at radius 1 is 1.33 bits per heavy atom. The highest BCUT2D eigenvalue weighted by Gasteiger charge is 2.33. The van der Waals surface area contributed by atoms with Crippen molar-refractivity contribution in [3.63, 3.8) is 0 Å². The predicted octanol–water partition coefficient (Wildman–Crippen LogP) is 2.87. The van der Waals surface area contributed by atoms with E-state index in [4.69, 9.17) is 9.47 Å². The number of benzene rings is 1. The number of nitrogens with zero attached hydrogens (tertiary/aromatic N) is 1. The fourth-order valence-electron chi connectivity index (χ4n) is 2.32. The van der Waals surface area contributed by atoms with Gasteiger partial charge in [-0.2, -0.15) is 0 Å². The lowest BCUT2D eigenvalue weighted by Gasteiger charge is -2.22. The minimum atomic E-state index is -0.400. The van der Waals surface area contributed by atoms with Gasteiger partial charge in [0.05, 0.1) is 13.2 Å². The van der Waals surface area contributed by atoms with Crippen molar-refractivity contribution in [1.29, 1.82) is 0 Å². The second kappa shape index (κ2) is 9.53. The van der Waals surface area contributed by atoms with Crippen molar-refractivity contribution in [2.24, 2.45) is 0 Å². The van der Waals surface area contributed by atoms with Crippen molar-refractivity contribution in [2.45, 2.75) is 45.9 Å². The zero-order valence-corrected chi connectivity index (χ0v) is 13.5. The Morgan fingerprint density at radius 3 is 2.62 bits per heavy atom. The van der Waals surface area contributed by atoms with Crippen molar-refractivity contribution in [3.8, 4) is 0 Å². The molecule has 4 nitrogen and oxygen atoms in total. The Kier molecular flexibility index (Phi) is 8.01. The molecule has 2 rings (SSSR count). The van der Waals surface area contributed by atoms with Crippen LogP contribution >= 0.6 is 0 Å². The van der Waals surface area contributed by atoms with Crippen LogP contribution in [0.4, 0.5) is 0 Å². The summed E-state index contributed by atoms with van der Waals surface area (Å²) in [4.78, 5) is 13.8. The summed E-state index contributed by atoms with van der Waals surface area (Å²) >= 11 is 0. The molecule has 1 aromatic carbocycles. The fourth-order valence-corrected chi connectivity index (χ4v) is 2.32. The highest BCUT2D eigenvalue weighted by Crippen LogP contribution is 2.20. The first-order valence-corrected chi connectivity index (χ1v) is 7.73. The Morgan fingerprint density at radius 2 is 2.00 bits per heavy atom. The molecule has 4 heteroatoms. The highest BCUT2D eigenvalue weighted by atomic mass is 16.6. The van der Waals surface area contributed by atoms with Gasteiger partial charge in [-0.3, -0.25) is 4.90 Å². The first kappa shape index (κ1) is 17.7. The van der Waals surface area contributed by atoms with E-state index in [1.807, 2.05) is 39.0 Å². The maximum Gasteiger partial charge on any atom is 0.335 e. The van der Waals surface area contributed by atoms with E-state index < -0.39 is 6.10 Å². The van der Waals surface area contributed by atoms with Crippen LogP contribution in [-0.2, 0) is 20.8 Å². The van der Waals surface area contributed by atoms with Crippen molar-refractivity contribution in [3.05, 3.63) is 35.9 Å². The molecule has 0 aromatic heterocycles. The molecule has 1 fully saturated rings. The summed E-state index contributed by atoms with van der Waals surface area (Å²) in [5.41, 5.74) is 1.27. The number of rotatable bonds is 5. The summed E-state index contributed by atoms with van der Waals surface area (Å²) in [6, 6.07) is 10.6. The van der Waals surface area contributed by atoms with E-state index in [2.05, 4.69) is 24.1 Å². The number of ether oxygens (including phenoxy) is 2. The lowest BCUT2D eigenvalue weighted by molar-refractivity contribution is -0.153. The Bertz CT molecular complexity index is 408. The molecule has 0 bridgehead atoms. The van der Waals surface area contributed by atoms with Crippen LogP contribution in [0.2, 0.25) is 0 Å². The molecule has 1 aliphatic heterocycles. The van der Waals surface area contributed by atoms with Gasteiger partial charge in [-0.15, -0.1) is 0 Å². The molecule has 0 aliphatic carbocycles. The summed E-state index contributed by atoms with van der Waals surface area (Å²) < 4.78 is 10.5. The molecule has 0 radical (unpaired) electrons. The monoisotopic (exact) mass is 293 g/mol. The van der Waals surface area contributed by atoms with Gasteiger partial charge in [0.2, 0.25) is 0 Å². The van der Waals surface area contributed by atoms with Crippen molar-refractivity contribution < 1.29 is 14.3 Å². The molecule has 1 aliphatic rings. The average molecular weight is 293 g/mol. The SMILES string of the molecule is CC.CCOC(=O)C1CC(N(C)Cc2ccccc2)CO1. The molecular weight excluding hydrogens is 266 g/mol. The van der Waals surface area contributed by atoms with Crippen LogP contribution < -0.4 is 0 Å². The van der Waals surface area contributed by atoms with E-state index in [0.29, 0.717) is 19.6 Å². The standard InChI is InChI=1S/C15H21NO3.C2H6/c1-3-18-15(17)14-9-13(11-19-14)16(2)10-12-7-5-4-6-8-12;1-2/h4-8,13-14H,3,9-11H2,1-2H3;1-2H3. The Balaban J connectivity index is 0.00000106. The lowest BCUT2D eigenvalue weighted by Crippen LogP contribution is -2.32. The van der Waals surface area contributed by atoms with Gasteiger partial charge in [0.15, 0.2) is 6.10 Å². The van der Waals surface area contributed by atoms with Crippen LogP contribution in [-0.4, -0.2) is 43.3 Å². The maximum absolute atomic E-state index is 11.6. The third-order valence-electron chi connectivity index (χ3n) is 3.42. The third-order valence-corrected chi connectivity index (χ3v) is 3.42. The summed E-state index contributed by atoms with van der Waals surface area (Å²) in [6.07, 6.45) is 0.311. The normalized spacial score (nSPS) is 20.8. The molecule has 21 heavy (non-hydrogen) atoms. The maximum atomic E-state index is 11.6. The molecule has 1 heterocycles. The molecule has 118 valence electrons. The van der Waals surface area contributed by atoms with Crippen molar-refractivity contribution in [2.75, 3.05) is 20.3 Å². The third kappa shape index (κ3) is 5.48. The summed E-state index contributed by atoms with van der Waals surface area (Å²) in [6.45, 7) is 7.67. The number of carbonyl (C=O) groups is 1. The molecule has 0 amide bonds. The molecule has 1 aromatic rings. The quantitative estimate of drug-likeness (QED) is 0.783. The van der Waals surface area contributed by atoms with Gasteiger partial charge in [0.1, 0.15) is 0 Å². The first-order valence-electron chi connectivity index (χ1n) is 7.73. The minimum Gasteiger partial charge on any atom is -0.464 e. The average Bonchev–Trinajstić information content (AvgIpc) is 3.01. The fraction of sp³-hybridized carbons (Fsp3) is 0.588. The van der Waals surface area contributed by atoms with E-state index in [1.165, 1.54) is 5.56 Å². The van der Waals surface area contributed by atoms with Gasteiger partial charge >= 0.3 is 5.97 Å². The van der Waals surface area contributed by atoms with Crippen LogP contribution in [0, 0.1) is 0 Å². The summed E-state index contributed by atoms with van der Waals surface area (Å²) in [5.74, 6) is -0.238. The molecule has 1 saturated heterocycles. The minimum absolute atomic E-state index is 0.238. The van der Waals surface area contributed by atoms with Crippen molar-refractivity contribution >= 4 is 5.97 Å². The number of esters is 1. The van der Waals surface area contributed by atoms with Gasteiger partial charge in [0, 0.05) is 19.0 Å². The Labute approximate surface area is 128 Å². The topological polar surface area (TPSA) is 38.8 Å². The van der Waals surface area contributed by atoms with Gasteiger partial charge in [-0.05, 0) is 19.5 Å². The number of hydrogen-bond acceptors (Lipinski definition) is 4. The predicted molar refractivity (Wildman–Crippen MR) is 84.0 cm³/mol. The first-order chi connectivity index (χ1) is 10.2. The second-order valence-corrected chi connectivity index (χ2v) is 4.86. The molecule has 2 unspecified atom stereocenters. The van der Waals surface area contributed by atoms with Crippen LogP contribution in [0.25, 0.3) is 0 Å². The summed E-state index contributed by atoms with van der Waals surface area (Å²) in [7, 11) is 2.06. The van der Waals surface area contributed by atoms with Gasteiger partial charge in [-0.25, -0.2) is 4.79 Å². The van der Waals surface area contributed by atoms with Gasteiger partial charge in [-0.1, -0.05) is 44.2 Å². The summed E-state index contributed by atoms with van der Waals surface area (Å²) in [5, 5.41) is 0. The van der Waals surface area contributed by atoms with E-state index in [0.717, 1.165) is 6.54 Å². The van der Waals surface area contributed by atoms with Crippen molar-refractivity contribution in [1.82, 2.24) is 4.90 Å². The zero-order chi connectivity index (χ0) is 15.7. The molecule has 2 atom stereocenters. The smallest absolute Gasteiger partial charge is 0.335 e. The number of hydrogen-bond donors (Lipinski definition) is 0. The highest BCUT2D eigenvalue weighted by molar-refractivity contribution is 5.75. The van der Waals surface area contributed by atoms with Gasteiger partial charge < -0.3 is 9.47 Å².